The number of carbonyl (C=O) groups is 2. The Morgan fingerprint density at radius 2 is 2.04 bits per heavy atom. The van der Waals surface area contributed by atoms with Crippen LogP contribution in [0.1, 0.15) is 49.0 Å². The summed E-state index contributed by atoms with van der Waals surface area (Å²) < 4.78 is 0. The molecule has 2 amide bonds. The van der Waals surface area contributed by atoms with E-state index in [1.54, 1.807) is 12.1 Å². The highest BCUT2D eigenvalue weighted by Gasteiger charge is 2.44. The normalized spacial score (nSPS) is 23.0. The molecule has 1 aromatic heterocycles. The van der Waals surface area contributed by atoms with Gasteiger partial charge in [-0.1, -0.05) is 24.4 Å². The average Bonchev–Trinajstić information content (AvgIpc) is 3.36. The number of rotatable bonds is 5. The summed E-state index contributed by atoms with van der Waals surface area (Å²) in [5, 5.41) is 16.7. The lowest BCUT2D eigenvalue weighted by atomic mass is 9.83. The lowest BCUT2D eigenvalue weighted by Crippen LogP contribution is -2.49. The van der Waals surface area contributed by atoms with Crippen LogP contribution in [0, 0.1) is 22.7 Å². The molecule has 3 N–H and O–H groups in total. The van der Waals surface area contributed by atoms with E-state index in [4.69, 9.17) is 11.6 Å². The van der Waals surface area contributed by atoms with Crippen molar-refractivity contribution in [2.75, 3.05) is 6.54 Å². The quantitative estimate of drug-likeness (QED) is 0.718. The molecule has 2 aliphatic carbocycles. The van der Waals surface area contributed by atoms with Crippen LogP contribution in [0.5, 0.6) is 0 Å². The topological polar surface area (TPSA) is 97.8 Å². The highest BCUT2D eigenvalue weighted by atomic mass is 35.5. The maximum Gasteiger partial charge on any atom is 0.267 e. The smallest absolute Gasteiger partial charge is 0.267 e. The molecule has 28 heavy (non-hydrogen) atoms. The van der Waals surface area contributed by atoms with E-state index in [-0.39, 0.29) is 29.2 Å². The van der Waals surface area contributed by atoms with E-state index >= 15 is 0 Å². The standard InChI is InChI=1S/C21H23ClN4O2/c22-14-5-6-16-13(9-14)10-18(25-16)20(28)26-17-4-2-1-3-15(17)19(27)24-12-21(11-23)7-8-21/h5-6,9-10,15,17,25H,1-4,7-8,12H2,(H,24,27)(H,26,28)/t15-,17+/m1/s1. The zero-order chi connectivity index (χ0) is 19.7. The molecule has 2 atom stereocenters. The highest BCUT2D eigenvalue weighted by molar-refractivity contribution is 6.31. The summed E-state index contributed by atoms with van der Waals surface area (Å²) in [4.78, 5) is 28.6. The molecular weight excluding hydrogens is 376 g/mol. The Hall–Kier alpha value is -2.52. The molecule has 4 rings (SSSR count). The molecule has 146 valence electrons. The molecule has 1 heterocycles. The van der Waals surface area contributed by atoms with Crippen molar-refractivity contribution in [1.82, 2.24) is 15.6 Å². The molecule has 0 radical (unpaired) electrons. The summed E-state index contributed by atoms with van der Waals surface area (Å²) >= 11 is 6.01. The molecule has 0 aliphatic heterocycles. The third-order valence-electron chi connectivity index (χ3n) is 5.94. The van der Waals surface area contributed by atoms with Gasteiger partial charge >= 0.3 is 0 Å². The van der Waals surface area contributed by atoms with Gasteiger partial charge in [-0.05, 0) is 49.9 Å². The minimum absolute atomic E-state index is 0.0602. The van der Waals surface area contributed by atoms with E-state index in [9.17, 15) is 14.9 Å². The first-order chi connectivity index (χ1) is 13.5. The Labute approximate surface area is 168 Å². The summed E-state index contributed by atoms with van der Waals surface area (Å²) in [7, 11) is 0. The predicted molar refractivity (Wildman–Crippen MR) is 107 cm³/mol. The summed E-state index contributed by atoms with van der Waals surface area (Å²) in [6.07, 6.45) is 5.17. The Kier molecular flexibility index (Phi) is 5.03. The third-order valence-corrected chi connectivity index (χ3v) is 6.17. The number of H-pyrrole nitrogens is 1. The molecule has 0 saturated heterocycles. The van der Waals surface area contributed by atoms with Crippen molar-refractivity contribution in [2.24, 2.45) is 11.3 Å². The second-order valence-electron chi connectivity index (χ2n) is 8.00. The van der Waals surface area contributed by atoms with Crippen LogP contribution in [-0.4, -0.2) is 29.4 Å². The molecule has 7 heteroatoms. The third kappa shape index (κ3) is 3.85. The van der Waals surface area contributed by atoms with E-state index < -0.39 is 0 Å². The van der Waals surface area contributed by atoms with Crippen LogP contribution in [0.2, 0.25) is 5.02 Å². The maximum absolute atomic E-state index is 12.8. The van der Waals surface area contributed by atoms with Gasteiger partial charge in [-0.3, -0.25) is 9.59 Å². The minimum atomic E-state index is -0.366. The molecule has 6 nitrogen and oxygen atoms in total. The van der Waals surface area contributed by atoms with E-state index in [1.807, 2.05) is 12.1 Å². The van der Waals surface area contributed by atoms with Gasteiger partial charge in [-0.15, -0.1) is 0 Å². The van der Waals surface area contributed by atoms with Gasteiger partial charge in [0.15, 0.2) is 0 Å². The number of aromatic amines is 1. The first-order valence-corrected chi connectivity index (χ1v) is 10.2. The van der Waals surface area contributed by atoms with Crippen LogP contribution in [0.4, 0.5) is 0 Å². The Morgan fingerprint density at radius 3 is 2.79 bits per heavy atom. The number of nitrogens with one attached hydrogen (secondary N) is 3. The zero-order valence-corrected chi connectivity index (χ0v) is 16.3. The molecule has 2 fully saturated rings. The van der Waals surface area contributed by atoms with Gasteiger partial charge in [0.05, 0.1) is 17.4 Å². The van der Waals surface area contributed by atoms with E-state index in [0.717, 1.165) is 49.4 Å². The van der Waals surface area contributed by atoms with Gasteiger partial charge in [0, 0.05) is 28.5 Å². The van der Waals surface area contributed by atoms with Gasteiger partial charge in [-0.25, -0.2) is 0 Å². The number of carbonyl (C=O) groups excluding carboxylic acids is 2. The van der Waals surface area contributed by atoms with Gasteiger partial charge < -0.3 is 15.6 Å². The van der Waals surface area contributed by atoms with Crippen LogP contribution >= 0.6 is 11.6 Å². The predicted octanol–water partition coefficient (Wildman–Crippen LogP) is 3.53. The van der Waals surface area contributed by atoms with Crippen molar-refractivity contribution in [3.8, 4) is 6.07 Å². The second-order valence-corrected chi connectivity index (χ2v) is 8.43. The van der Waals surface area contributed by atoms with Crippen LogP contribution in [0.25, 0.3) is 10.9 Å². The number of fused-ring (bicyclic) bond motifs is 1. The summed E-state index contributed by atoms with van der Waals surface area (Å²) in [5.41, 5.74) is 0.941. The van der Waals surface area contributed by atoms with Crippen molar-refractivity contribution in [1.29, 1.82) is 5.26 Å². The molecule has 0 bridgehead atoms. The molecule has 1 aromatic carbocycles. The zero-order valence-electron chi connectivity index (χ0n) is 15.6. The Balaban J connectivity index is 1.42. The molecule has 0 spiro atoms. The van der Waals surface area contributed by atoms with Crippen LogP contribution in [0.15, 0.2) is 24.3 Å². The van der Waals surface area contributed by atoms with Crippen molar-refractivity contribution in [2.45, 2.75) is 44.6 Å². The summed E-state index contributed by atoms with van der Waals surface area (Å²) in [6.45, 7) is 0.405. The first-order valence-electron chi connectivity index (χ1n) is 9.78. The van der Waals surface area contributed by atoms with Crippen molar-refractivity contribution in [3.63, 3.8) is 0 Å². The van der Waals surface area contributed by atoms with Gasteiger partial charge in [0.1, 0.15) is 5.69 Å². The lowest BCUT2D eigenvalue weighted by Gasteiger charge is -2.31. The summed E-state index contributed by atoms with van der Waals surface area (Å²) in [6, 6.07) is 9.30. The van der Waals surface area contributed by atoms with Gasteiger partial charge in [0.25, 0.3) is 5.91 Å². The number of nitriles is 1. The van der Waals surface area contributed by atoms with E-state index in [2.05, 4.69) is 21.7 Å². The fourth-order valence-corrected chi connectivity index (χ4v) is 4.14. The second kappa shape index (κ2) is 7.48. The first kappa shape index (κ1) is 18.8. The van der Waals surface area contributed by atoms with Crippen LogP contribution < -0.4 is 10.6 Å². The summed E-state index contributed by atoms with van der Waals surface area (Å²) in [5.74, 6) is -0.534. The molecule has 2 saturated carbocycles. The van der Waals surface area contributed by atoms with Crippen molar-refractivity contribution < 1.29 is 9.59 Å². The number of hydrogen-bond donors (Lipinski definition) is 3. The van der Waals surface area contributed by atoms with Crippen LogP contribution in [-0.2, 0) is 4.79 Å². The Morgan fingerprint density at radius 1 is 1.25 bits per heavy atom. The fourth-order valence-electron chi connectivity index (χ4n) is 3.96. The largest absolute Gasteiger partial charge is 0.354 e. The number of nitrogens with zero attached hydrogens (tertiary/aromatic N) is 1. The van der Waals surface area contributed by atoms with Crippen molar-refractivity contribution >= 4 is 34.3 Å². The number of amides is 2. The molecule has 2 aromatic rings. The van der Waals surface area contributed by atoms with Crippen molar-refractivity contribution in [3.05, 3.63) is 35.0 Å². The van der Waals surface area contributed by atoms with E-state index in [0.29, 0.717) is 17.3 Å². The fraction of sp³-hybridized carbons (Fsp3) is 0.476. The van der Waals surface area contributed by atoms with Crippen LogP contribution in [0.3, 0.4) is 0 Å². The average molecular weight is 399 g/mol. The number of benzene rings is 1. The lowest BCUT2D eigenvalue weighted by molar-refractivity contribution is -0.126. The SMILES string of the molecule is N#CC1(CNC(=O)[C@@H]2CCCC[C@@H]2NC(=O)c2cc3cc(Cl)ccc3[nH]2)CC1. The number of halogens is 1. The maximum atomic E-state index is 12.8. The number of aromatic nitrogens is 1. The molecule has 0 unspecified atom stereocenters. The highest BCUT2D eigenvalue weighted by Crippen LogP contribution is 2.44. The minimum Gasteiger partial charge on any atom is -0.354 e. The molecular formula is C21H23ClN4O2. The van der Waals surface area contributed by atoms with Gasteiger partial charge in [-0.2, -0.15) is 5.26 Å². The number of hydrogen-bond acceptors (Lipinski definition) is 3. The molecule has 2 aliphatic rings. The van der Waals surface area contributed by atoms with E-state index in [1.165, 1.54) is 0 Å². The Bertz CT molecular complexity index is 957. The monoisotopic (exact) mass is 398 g/mol. The van der Waals surface area contributed by atoms with Gasteiger partial charge in [0.2, 0.25) is 5.91 Å².